The van der Waals surface area contributed by atoms with Gasteiger partial charge in [-0.1, -0.05) is 0 Å². The molecule has 3 N–H and O–H groups in total. The van der Waals surface area contributed by atoms with E-state index in [2.05, 4.69) is 5.32 Å². The van der Waals surface area contributed by atoms with Crippen LogP contribution in [-0.4, -0.2) is 37.1 Å². The van der Waals surface area contributed by atoms with Gasteiger partial charge in [0.25, 0.3) is 5.91 Å². The largest absolute Gasteiger partial charge is 0.364 e. The van der Waals surface area contributed by atoms with E-state index in [1.807, 2.05) is 24.3 Å². The molecule has 1 aromatic rings. The van der Waals surface area contributed by atoms with Crippen molar-refractivity contribution < 1.29 is 14.3 Å². The molecule has 1 aromatic carbocycles. The van der Waals surface area contributed by atoms with Crippen LogP contribution in [0.15, 0.2) is 24.3 Å². The second-order valence-electron chi connectivity index (χ2n) is 5.74. The standard InChI is InChI=1S/C16H21N3O3.ClH/c17-10-13-7-8-14(22-13)16(21)18-11-3-5-12(6-4-11)19-9-1-2-15(19)20;/h3-6,13-14H,1-2,7-10,17H2,(H,18,21);1H/t13-,14+;/m1./s1. The second kappa shape index (κ2) is 7.77. The first-order chi connectivity index (χ1) is 10.7. The molecule has 2 heterocycles. The minimum atomic E-state index is -0.423. The number of anilines is 2. The summed E-state index contributed by atoms with van der Waals surface area (Å²) in [7, 11) is 0. The first-order valence-electron chi connectivity index (χ1n) is 7.74. The minimum absolute atomic E-state index is 0. The molecule has 23 heavy (non-hydrogen) atoms. The predicted molar refractivity (Wildman–Crippen MR) is 90.9 cm³/mol. The van der Waals surface area contributed by atoms with Crippen LogP contribution in [0.3, 0.4) is 0 Å². The van der Waals surface area contributed by atoms with Crippen molar-refractivity contribution in [3.63, 3.8) is 0 Å². The monoisotopic (exact) mass is 339 g/mol. The number of nitrogens with two attached hydrogens (primary N) is 1. The maximum absolute atomic E-state index is 12.1. The van der Waals surface area contributed by atoms with Crippen LogP contribution < -0.4 is 16.0 Å². The lowest BCUT2D eigenvalue weighted by Crippen LogP contribution is -2.29. The molecule has 0 bridgehead atoms. The average Bonchev–Trinajstić information content (AvgIpc) is 3.17. The van der Waals surface area contributed by atoms with Crippen LogP contribution in [0.4, 0.5) is 11.4 Å². The number of carbonyl (C=O) groups excluding carboxylic acids is 2. The zero-order valence-corrected chi connectivity index (χ0v) is 13.7. The molecule has 0 spiro atoms. The summed E-state index contributed by atoms with van der Waals surface area (Å²) < 4.78 is 5.57. The van der Waals surface area contributed by atoms with Gasteiger partial charge in [-0.25, -0.2) is 0 Å². The van der Waals surface area contributed by atoms with Crippen LogP contribution in [0.5, 0.6) is 0 Å². The number of halogens is 1. The predicted octanol–water partition coefficient (Wildman–Crippen LogP) is 1.68. The molecule has 0 radical (unpaired) electrons. The van der Waals surface area contributed by atoms with E-state index >= 15 is 0 Å². The third-order valence-electron chi connectivity index (χ3n) is 4.18. The van der Waals surface area contributed by atoms with Crippen molar-refractivity contribution in [2.45, 2.75) is 37.9 Å². The molecule has 3 rings (SSSR count). The van der Waals surface area contributed by atoms with Crippen molar-refractivity contribution in [2.24, 2.45) is 5.73 Å². The molecule has 2 saturated heterocycles. The lowest BCUT2D eigenvalue weighted by Gasteiger charge is -2.17. The first-order valence-corrected chi connectivity index (χ1v) is 7.74. The Labute approximate surface area is 141 Å². The molecule has 0 saturated carbocycles. The van der Waals surface area contributed by atoms with Crippen molar-refractivity contribution in [2.75, 3.05) is 23.3 Å². The number of carbonyl (C=O) groups is 2. The maximum Gasteiger partial charge on any atom is 0.253 e. The lowest BCUT2D eigenvalue weighted by molar-refractivity contribution is -0.126. The smallest absolute Gasteiger partial charge is 0.253 e. The van der Waals surface area contributed by atoms with E-state index in [1.165, 1.54) is 0 Å². The summed E-state index contributed by atoms with van der Waals surface area (Å²) in [5.74, 6) is 0.0184. The molecule has 2 atom stereocenters. The summed E-state index contributed by atoms with van der Waals surface area (Å²) in [6.45, 7) is 1.21. The molecule has 2 amide bonds. The van der Waals surface area contributed by atoms with Crippen molar-refractivity contribution in [3.05, 3.63) is 24.3 Å². The molecule has 2 aliphatic rings. The molecule has 6 nitrogen and oxygen atoms in total. The summed E-state index contributed by atoms with van der Waals surface area (Å²) in [5, 5.41) is 2.85. The van der Waals surface area contributed by atoms with E-state index in [0.717, 1.165) is 25.1 Å². The third-order valence-corrected chi connectivity index (χ3v) is 4.18. The Balaban J connectivity index is 0.00000192. The topological polar surface area (TPSA) is 84.7 Å². The summed E-state index contributed by atoms with van der Waals surface area (Å²) in [6.07, 6.45) is 2.60. The van der Waals surface area contributed by atoms with Crippen molar-refractivity contribution in [1.82, 2.24) is 0 Å². The van der Waals surface area contributed by atoms with Gasteiger partial charge < -0.3 is 20.7 Å². The molecule has 7 heteroatoms. The molecule has 0 aliphatic carbocycles. The van der Waals surface area contributed by atoms with E-state index in [0.29, 0.717) is 25.1 Å². The molecular weight excluding hydrogens is 318 g/mol. The highest BCUT2D eigenvalue weighted by atomic mass is 35.5. The van der Waals surface area contributed by atoms with Gasteiger partial charge in [-0.2, -0.15) is 0 Å². The van der Waals surface area contributed by atoms with Crippen LogP contribution >= 0.6 is 12.4 Å². The van der Waals surface area contributed by atoms with Crippen LogP contribution in [0, 0.1) is 0 Å². The second-order valence-corrected chi connectivity index (χ2v) is 5.74. The quantitative estimate of drug-likeness (QED) is 0.874. The van der Waals surface area contributed by atoms with Crippen molar-refractivity contribution in [1.29, 1.82) is 0 Å². The average molecular weight is 340 g/mol. The number of amides is 2. The zero-order chi connectivity index (χ0) is 15.5. The molecule has 0 unspecified atom stereocenters. The fraction of sp³-hybridized carbons (Fsp3) is 0.500. The number of hydrogen-bond donors (Lipinski definition) is 2. The molecular formula is C16H22ClN3O3. The Bertz CT molecular complexity index is 564. The summed E-state index contributed by atoms with van der Waals surface area (Å²) in [4.78, 5) is 25.6. The number of hydrogen-bond acceptors (Lipinski definition) is 4. The SMILES string of the molecule is Cl.NC[C@H]1CC[C@@H](C(=O)Nc2ccc(N3CCCC3=O)cc2)O1. The van der Waals surface area contributed by atoms with E-state index in [1.54, 1.807) is 4.90 Å². The van der Waals surface area contributed by atoms with Crippen molar-refractivity contribution >= 4 is 35.6 Å². The highest BCUT2D eigenvalue weighted by Gasteiger charge is 2.29. The minimum Gasteiger partial charge on any atom is -0.364 e. The van der Waals surface area contributed by atoms with Gasteiger partial charge in [-0.15, -0.1) is 12.4 Å². The number of benzene rings is 1. The van der Waals surface area contributed by atoms with Crippen LogP contribution in [0.25, 0.3) is 0 Å². The van der Waals surface area contributed by atoms with Crippen LogP contribution in [-0.2, 0) is 14.3 Å². The van der Waals surface area contributed by atoms with Crippen LogP contribution in [0.2, 0.25) is 0 Å². The van der Waals surface area contributed by atoms with Gasteiger partial charge in [0.05, 0.1) is 6.10 Å². The highest BCUT2D eigenvalue weighted by molar-refractivity contribution is 5.97. The van der Waals surface area contributed by atoms with E-state index in [4.69, 9.17) is 10.5 Å². The Morgan fingerprint density at radius 1 is 1.30 bits per heavy atom. The summed E-state index contributed by atoms with van der Waals surface area (Å²) in [5.41, 5.74) is 7.13. The molecule has 2 aliphatic heterocycles. The molecule has 0 aromatic heterocycles. The zero-order valence-electron chi connectivity index (χ0n) is 12.9. The van der Waals surface area contributed by atoms with Gasteiger partial charge in [0.1, 0.15) is 6.10 Å². The Morgan fingerprint density at radius 2 is 2.04 bits per heavy atom. The molecule has 126 valence electrons. The molecule has 2 fully saturated rings. The fourth-order valence-corrected chi connectivity index (χ4v) is 2.94. The Kier molecular flexibility index (Phi) is 5.98. The third kappa shape index (κ3) is 4.02. The fourth-order valence-electron chi connectivity index (χ4n) is 2.94. The van der Waals surface area contributed by atoms with Gasteiger partial charge >= 0.3 is 0 Å². The number of nitrogens with one attached hydrogen (secondary N) is 1. The van der Waals surface area contributed by atoms with Gasteiger partial charge in [-0.3, -0.25) is 9.59 Å². The van der Waals surface area contributed by atoms with Crippen LogP contribution in [0.1, 0.15) is 25.7 Å². The number of rotatable bonds is 4. The lowest BCUT2D eigenvalue weighted by atomic mass is 10.2. The Hall–Kier alpha value is -1.63. The van der Waals surface area contributed by atoms with E-state index in [-0.39, 0.29) is 30.3 Å². The van der Waals surface area contributed by atoms with Crippen molar-refractivity contribution in [3.8, 4) is 0 Å². The maximum atomic E-state index is 12.1. The number of nitrogens with zero attached hydrogens (tertiary/aromatic N) is 1. The van der Waals surface area contributed by atoms with E-state index < -0.39 is 6.10 Å². The first kappa shape index (κ1) is 17.7. The summed E-state index contributed by atoms with van der Waals surface area (Å²) in [6, 6.07) is 7.34. The highest BCUT2D eigenvalue weighted by Crippen LogP contribution is 2.24. The Morgan fingerprint density at radius 3 is 2.61 bits per heavy atom. The van der Waals surface area contributed by atoms with Gasteiger partial charge in [-0.05, 0) is 43.5 Å². The van der Waals surface area contributed by atoms with Gasteiger partial charge in [0, 0.05) is 30.9 Å². The van der Waals surface area contributed by atoms with Gasteiger partial charge in [0.2, 0.25) is 5.91 Å². The van der Waals surface area contributed by atoms with Gasteiger partial charge in [0.15, 0.2) is 0 Å². The normalized spacial score (nSPS) is 23.7. The summed E-state index contributed by atoms with van der Waals surface area (Å²) >= 11 is 0. The number of ether oxygens (including phenoxy) is 1. The van der Waals surface area contributed by atoms with E-state index in [9.17, 15) is 9.59 Å².